The second-order valence-electron chi connectivity index (χ2n) is 14.3. The third-order valence-corrected chi connectivity index (χ3v) is 10.7. The second kappa shape index (κ2) is 15.1. The highest BCUT2D eigenvalue weighted by Crippen LogP contribution is 2.48. The molecule has 0 saturated carbocycles. The predicted octanol–water partition coefficient (Wildman–Crippen LogP) is 9.92. The number of rotatable bonds is 2. The summed E-state index contributed by atoms with van der Waals surface area (Å²) in [5, 5.41) is 22.3. The molecule has 2 aromatic heterocycles. The maximum absolute atomic E-state index is 6.48. The van der Waals surface area contributed by atoms with E-state index < -0.39 is 0 Å². The van der Waals surface area contributed by atoms with Crippen molar-refractivity contribution in [2.75, 3.05) is 14.2 Å². The fraction of sp³-hybridized carbons (Fsp3) is 0.125. The van der Waals surface area contributed by atoms with Gasteiger partial charge in [-0.3, -0.25) is 0 Å². The Bertz CT molecular complexity index is 2770. The standard InChI is InChI=1S/C48H38N6O4/c1-55-47-37-22-33-12-3-5-18-41(33)45(47)46-42-19-6-4-13-34(42)23-38(48(46)56-2)30-58-28-32-11-8-17-40(21-32)54-26-44(50-52-54)36-15-9-14-35(24-36)43-25-53(51-49-43)39-16-7-10-31(20-39)27-57-29-37/h3-26H,27-30H2,1-2H3. The van der Waals surface area contributed by atoms with Gasteiger partial charge in [-0.1, -0.05) is 101 Å². The van der Waals surface area contributed by atoms with E-state index in [1.807, 2.05) is 54.9 Å². The summed E-state index contributed by atoms with van der Waals surface area (Å²) in [5.41, 5.74) is 10.9. The van der Waals surface area contributed by atoms with Gasteiger partial charge in [0, 0.05) is 33.4 Å². The van der Waals surface area contributed by atoms with Crippen molar-refractivity contribution in [1.29, 1.82) is 0 Å². The van der Waals surface area contributed by atoms with Crippen LogP contribution in [0.5, 0.6) is 11.5 Å². The minimum absolute atomic E-state index is 0.324. The molecule has 0 unspecified atom stereocenters. The number of benzene rings is 7. The molecule has 1 aliphatic heterocycles. The van der Waals surface area contributed by atoms with Crippen molar-refractivity contribution >= 4 is 21.5 Å². The van der Waals surface area contributed by atoms with Gasteiger partial charge in [0.1, 0.15) is 22.9 Å². The third kappa shape index (κ3) is 6.54. The normalized spacial score (nSPS) is 12.9. The van der Waals surface area contributed by atoms with Gasteiger partial charge in [-0.25, -0.2) is 9.36 Å². The van der Waals surface area contributed by atoms with Crippen LogP contribution in [-0.2, 0) is 35.9 Å². The van der Waals surface area contributed by atoms with Crippen molar-refractivity contribution < 1.29 is 18.9 Å². The van der Waals surface area contributed by atoms with Crippen LogP contribution in [0.25, 0.3) is 66.6 Å². The quantitative estimate of drug-likeness (QED) is 0.172. The maximum atomic E-state index is 6.48. The molecule has 10 rings (SSSR count). The number of methoxy groups -OCH3 is 2. The lowest BCUT2D eigenvalue weighted by atomic mass is 9.89. The molecule has 58 heavy (non-hydrogen) atoms. The fourth-order valence-electron chi connectivity index (χ4n) is 7.97. The Balaban J connectivity index is 1.11. The molecule has 14 bridgehead atoms. The molecular weight excluding hydrogens is 725 g/mol. The highest BCUT2D eigenvalue weighted by molar-refractivity contribution is 6.10. The number of aromatic nitrogens is 6. The Kier molecular flexibility index (Phi) is 9.17. The summed E-state index contributed by atoms with van der Waals surface area (Å²) in [6.45, 7) is 1.41. The molecule has 0 N–H and O–H groups in total. The Morgan fingerprint density at radius 3 is 1.43 bits per heavy atom. The summed E-state index contributed by atoms with van der Waals surface area (Å²) in [4.78, 5) is 0. The summed E-state index contributed by atoms with van der Waals surface area (Å²) >= 11 is 0. The molecular formula is C48H38N6O4. The van der Waals surface area contributed by atoms with E-state index in [4.69, 9.17) is 18.9 Å². The van der Waals surface area contributed by atoms with E-state index in [0.29, 0.717) is 26.4 Å². The minimum Gasteiger partial charge on any atom is -0.496 e. The molecule has 0 aliphatic carbocycles. The first-order chi connectivity index (χ1) is 28.6. The van der Waals surface area contributed by atoms with E-state index in [1.54, 1.807) is 23.6 Å². The van der Waals surface area contributed by atoms with E-state index in [9.17, 15) is 0 Å². The largest absolute Gasteiger partial charge is 0.496 e. The smallest absolute Gasteiger partial charge is 0.133 e. The molecule has 0 fully saturated rings. The van der Waals surface area contributed by atoms with Gasteiger partial charge < -0.3 is 18.9 Å². The second-order valence-corrected chi connectivity index (χ2v) is 14.3. The molecule has 0 spiro atoms. The topological polar surface area (TPSA) is 98.3 Å². The van der Waals surface area contributed by atoms with Crippen molar-refractivity contribution in [3.05, 3.63) is 168 Å². The first-order valence-electron chi connectivity index (χ1n) is 19.1. The Hall–Kier alpha value is -7.14. The Morgan fingerprint density at radius 1 is 0.483 bits per heavy atom. The zero-order chi connectivity index (χ0) is 39.0. The van der Waals surface area contributed by atoms with Crippen LogP contribution in [-0.4, -0.2) is 44.2 Å². The van der Waals surface area contributed by atoms with Gasteiger partial charge in [-0.2, -0.15) is 0 Å². The van der Waals surface area contributed by atoms with Gasteiger partial charge in [-0.15, -0.1) is 10.2 Å². The molecule has 0 radical (unpaired) electrons. The summed E-state index contributed by atoms with van der Waals surface area (Å²) in [6, 6.07) is 45.5. The van der Waals surface area contributed by atoms with Gasteiger partial charge in [0.2, 0.25) is 0 Å². The zero-order valence-corrected chi connectivity index (χ0v) is 32.0. The van der Waals surface area contributed by atoms with Gasteiger partial charge in [-0.05, 0) is 75.1 Å². The molecule has 10 nitrogen and oxygen atoms in total. The van der Waals surface area contributed by atoms with Gasteiger partial charge in [0.25, 0.3) is 0 Å². The summed E-state index contributed by atoms with van der Waals surface area (Å²) in [7, 11) is 3.44. The third-order valence-electron chi connectivity index (χ3n) is 10.7. The number of fused-ring (bicyclic) bond motifs is 23. The van der Waals surface area contributed by atoms with Crippen molar-refractivity contribution in [2.45, 2.75) is 26.4 Å². The monoisotopic (exact) mass is 762 g/mol. The molecule has 3 heterocycles. The number of ether oxygens (including phenoxy) is 4. The SMILES string of the molecule is COc1c2cc3ccccc3c1-c1c(OC)c(cc3ccccc13)COCc1cccc(c1)-n1cc(nn1)-c1cccc(c1)-c1cn(nn1)-c1cccc(c1)COC2. The Morgan fingerprint density at radius 2 is 0.948 bits per heavy atom. The van der Waals surface area contributed by atoms with Gasteiger partial charge in [0.05, 0.1) is 64.4 Å². The maximum Gasteiger partial charge on any atom is 0.133 e. The zero-order valence-electron chi connectivity index (χ0n) is 32.0. The first kappa shape index (κ1) is 35.3. The number of nitrogens with zero attached hydrogens (tertiary/aromatic N) is 6. The lowest BCUT2D eigenvalue weighted by molar-refractivity contribution is 0.105. The van der Waals surface area contributed by atoms with Crippen molar-refractivity contribution in [2.24, 2.45) is 0 Å². The van der Waals surface area contributed by atoms with Crippen LogP contribution in [0.15, 0.2) is 146 Å². The van der Waals surface area contributed by atoms with Crippen LogP contribution in [0.3, 0.4) is 0 Å². The number of hydrogen-bond donors (Lipinski definition) is 0. The van der Waals surface area contributed by atoms with E-state index in [-0.39, 0.29) is 0 Å². The molecule has 0 atom stereocenters. The van der Waals surface area contributed by atoms with Crippen molar-refractivity contribution in [3.63, 3.8) is 0 Å². The fourth-order valence-corrected chi connectivity index (χ4v) is 7.97. The van der Waals surface area contributed by atoms with Crippen LogP contribution in [0.2, 0.25) is 0 Å². The van der Waals surface area contributed by atoms with Crippen LogP contribution >= 0.6 is 0 Å². The summed E-state index contributed by atoms with van der Waals surface area (Å²) < 4.78 is 29.2. The predicted molar refractivity (Wildman–Crippen MR) is 224 cm³/mol. The molecule has 9 aromatic rings. The van der Waals surface area contributed by atoms with E-state index in [1.165, 1.54) is 0 Å². The minimum atomic E-state index is 0.324. The Labute approximate surface area is 334 Å². The van der Waals surface area contributed by atoms with E-state index >= 15 is 0 Å². The molecule has 1 aliphatic rings. The summed E-state index contributed by atoms with van der Waals surface area (Å²) in [5.74, 6) is 1.47. The van der Waals surface area contributed by atoms with Crippen molar-refractivity contribution in [1.82, 2.24) is 30.0 Å². The average Bonchev–Trinajstić information content (AvgIpc) is 3.98. The lowest BCUT2D eigenvalue weighted by Crippen LogP contribution is -2.04. The highest BCUT2D eigenvalue weighted by atomic mass is 16.5. The average molecular weight is 763 g/mol. The van der Waals surface area contributed by atoms with Crippen LogP contribution in [0, 0.1) is 0 Å². The van der Waals surface area contributed by atoms with Gasteiger partial charge >= 0.3 is 0 Å². The van der Waals surface area contributed by atoms with E-state index in [0.717, 1.165) is 100 Å². The van der Waals surface area contributed by atoms with Gasteiger partial charge in [0.15, 0.2) is 0 Å². The molecule has 284 valence electrons. The van der Waals surface area contributed by atoms with Crippen molar-refractivity contribution in [3.8, 4) is 56.5 Å². The first-order valence-corrected chi connectivity index (χ1v) is 19.1. The van der Waals surface area contributed by atoms with Crippen LogP contribution in [0.1, 0.15) is 22.3 Å². The van der Waals surface area contributed by atoms with Crippen LogP contribution in [0.4, 0.5) is 0 Å². The number of hydrogen-bond acceptors (Lipinski definition) is 8. The summed E-state index contributed by atoms with van der Waals surface area (Å²) in [6.07, 6.45) is 3.87. The molecule has 0 saturated heterocycles. The van der Waals surface area contributed by atoms with Crippen LogP contribution < -0.4 is 9.47 Å². The highest BCUT2D eigenvalue weighted by Gasteiger charge is 2.24. The molecule has 7 aromatic carbocycles. The molecule has 0 amide bonds. The van der Waals surface area contributed by atoms with E-state index in [2.05, 4.69) is 112 Å². The molecule has 10 heteroatoms. The lowest BCUT2D eigenvalue weighted by Gasteiger charge is -2.22.